The summed E-state index contributed by atoms with van der Waals surface area (Å²) in [6.45, 7) is 6.10. The van der Waals surface area contributed by atoms with Gasteiger partial charge >= 0.3 is 5.97 Å². The van der Waals surface area contributed by atoms with Crippen LogP contribution in [0.2, 0.25) is 0 Å². The highest BCUT2D eigenvalue weighted by molar-refractivity contribution is 5.77. The van der Waals surface area contributed by atoms with Gasteiger partial charge in [0.1, 0.15) is 0 Å². The number of aliphatic carboxylic acids is 1. The minimum atomic E-state index is -0.774. The number of hydrogen-bond acceptors (Lipinski definition) is 5. The highest BCUT2D eigenvalue weighted by atomic mass is 16.4. The Morgan fingerprint density at radius 1 is 0.895 bits per heavy atom. The topological polar surface area (TPSA) is 78.7 Å². The van der Waals surface area contributed by atoms with Crippen molar-refractivity contribution in [3.05, 3.63) is 34.6 Å². The summed E-state index contributed by atoms with van der Waals surface area (Å²) < 4.78 is 2.07. The number of rotatable bonds is 5. The van der Waals surface area contributed by atoms with Crippen LogP contribution in [0.1, 0.15) is 90.5 Å². The second-order valence-corrected chi connectivity index (χ2v) is 13.0. The van der Waals surface area contributed by atoms with Crippen molar-refractivity contribution in [1.29, 1.82) is 0 Å². The standard InChI is InChI=1S/C31H44N4O3/c1-20-7-3-4-8-21(2)14-25(13-20)34-23-11-12-24(34)17-26(16-23)35-28-10-6-5-9-27(28)32-30(31(35)38)33-18-22(19-33)15-29(36)37/h5-6,9-10,20-26H,3-4,7-8,11-19H2,1-2H3,(H,36,37)/t20-,21+,23-,24+,25+,26+. The van der Waals surface area contributed by atoms with Crippen molar-refractivity contribution in [2.24, 2.45) is 17.8 Å². The Hall–Kier alpha value is -2.41. The molecule has 2 aromatic rings. The third kappa shape index (κ3) is 4.99. The molecule has 206 valence electrons. The van der Waals surface area contributed by atoms with Crippen LogP contribution in [0.4, 0.5) is 5.82 Å². The molecule has 2 bridgehead atoms. The number of nitrogens with zero attached hydrogens (tertiary/aromatic N) is 4. The highest BCUT2D eigenvalue weighted by Crippen LogP contribution is 2.45. The van der Waals surface area contributed by atoms with Crippen LogP contribution in [0.5, 0.6) is 0 Å². The molecule has 7 heteroatoms. The number of carboxylic acids is 1. The summed E-state index contributed by atoms with van der Waals surface area (Å²) in [5, 5.41) is 9.16. The molecule has 6 rings (SSSR count). The van der Waals surface area contributed by atoms with E-state index >= 15 is 0 Å². The number of aromatic nitrogens is 2. The average molecular weight is 521 g/mol. The SMILES string of the molecule is C[C@@H]1CCCC[C@H](C)C[C@@H](N2[C@@H]3CC[C@H]2C[C@@H](n2c(=O)c(N4CC(CC(=O)O)C4)nc4ccccc42)C3)C1. The van der Waals surface area contributed by atoms with Gasteiger partial charge in [0.2, 0.25) is 0 Å². The van der Waals surface area contributed by atoms with Gasteiger partial charge in [-0.05, 0) is 62.5 Å². The molecule has 4 aliphatic rings. The van der Waals surface area contributed by atoms with Gasteiger partial charge in [-0.3, -0.25) is 14.5 Å². The molecule has 0 radical (unpaired) electrons. The molecule has 1 aliphatic carbocycles. The van der Waals surface area contributed by atoms with E-state index in [1.54, 1.807) is 0 Å². The van der Waals surface area contributed by atoms with E-state index in [1.807, 2.05) is 29.2 Å². The number of carboxylic acid groups (broad SMARTS) is 1. The molecule has 1 aromatic carbocycles. The van der Waals surface area contributed by atoms with Gasteiger partial charge in [-0.2, -0.15) is 0 Å². The van der Waals surface area contributed by atoms with E-state index < -0.39 is 5.97 Å². The first-order valence-corrected chi connectivity index (χ1v) is 15.1. The molecule has 1 saturated carbocycles. The quantitative estimate of drug-likeness (QED) is 0.563. The Balaban J connectivity index is 1.27. The van der Waals surface area contributed by atoms with E-state index in [2.05, 4.69) is 23.3 Å². The van der Waals surface area contributed by atoms with Gasteiger partial charge in [-0.1, -0.05) is 51.7 Å². The summed E-state index contributed by atoms with van der Waals surface area (Å²) in [6, 6.07) is 10.0. The molecule has 7 nitrogen and oxygen atoms in total. The van der Waals surface area contributed by atoms with Crippen molar-refractivity contribution >= 4 is 22.8 Å². The minimum absolute atomic E-state index is 0.0000102. The average Bonchev–Trinajstić information content (AvgIpc) is 3.16. The molecular weight excluding hydrogens is 476 g/mol. The monoisotopic (exact) mass is 520 g/mol. The summed E-state index contributed by atoms with van der Waals surface area (Å²) in [5.41, 5.74) is 1.80. The van der Waals surface area contributed by atoms with Crippen molar-refractivity contribution in [3.8, 4) is 0 Å². The second-order valence-electron chi connectivity index (χ2n) is 13.0. The zero-order valence-electron chi connectivity index (χ0n) is 23.1. The van der Waals surface area contributed by atoms with Gasteiger partial charge in [0, 0.05) is 43.2 Å². The fourth-order valence-electron chi connectivity index (χ4n) is 8.31. The summed E-state index contributed by atoms with van der Waals surface area (Å²) >= 11 is 0. The van der Waals surface area contributed by atoms with Crippen LogP contribution < -0.4 is 10.5 Å². The Kier molecular flexibility index (Phi) is 7.23. The predicted octanol–water partition coefficient (Wildman–Crippen LogP) is 5.47. The molecule has 38 heavy (non-hydrogen) atoms. The van der Waals surface area contributed by atoms with E-state index in [1.165, 1.54) is 51.4 Å². The number of carbonyl (C=O) groups is 1. The van der Waals surface area contributed by atoms with Crippen LogP contribution in [0, 0.1) is 17.8 Å². The lowest BCUT2D eigenvalue weighted by molar-refractivity contribution is -0.138. The number of para-hydroxylation sites is 2. The summed E-state index contributed by atoms with van der Waals surface area (Å²) in [4.78, 5) is 34.8. The molecule has 3 saturated heterocycles. The van der Waals surface area contributed by atoms with E-state index in [9.17, 15) is 9.59 Å². The second kappa shape index (κ2) is 10.6. The van der Waals surface area contributed by atoms with Gasteiger partial charge in [0.05, 0.1) is 17.5 Å². The van der Waals surface area contributed by atoms with E-state index in [-0.39, 0.29) is 23.9 Å². The molecule has 4 fully saturated rings. The van der Waals surface area contributed by atoms with Crippen molar-refractivity contribution < 1.29 is 9.90 Å². The van der Waals surface area contributed by atoms with Crippen LogP contribution in [0.15, 0.2) is 29.1 Å². The lowest BCUT2D eigenvalue weighted by Gasteiger charge is -2.46. The number of hydrogen-bond donors (Lipinski definition) is 1. The first-order valence-electron chi connectivity index (χ1n) is 15.1. The van der Waals surface area contributed by atoms with Gasteiger partial charge in [-0.25, -0.2) is 4.98 Å². The third-order valence-electron chi connectivity index (χ3n) is 10.0. The largest absolute Gasteiger partial charge is 0.481 e. The van der Waals surface area contributed by atoms with Gasteiger partial charge in [0.15, 0.2) is 5.82 Å². The Labute approximate surface area is 226 Å². The molecule has 4 heterocycles. The van der Waals surface area contributed by atoms with Gasteiger partial charge < -0.3 is 14.6 Å². The third-order valence-corrected chi connectivity index (χ3v) is 10.0. The summed E-state index contributed by atoms with van der Waals surface area (Å²) in [7, 11) is 0. The predicted molar refractivity (Wildman–Crippen MR) is 151 cm³/mol. The van der Waals surface area contributed by atoms with Crippen molar-refractivity contribution in [3.63, 3.8) is 0 Å². The zero-order chi connectivity index (χ0) is 26.4. The first kappa shape index (κ1) is 25.8. The molecule has 1 N–H and O–H groups in total. The fourth-order valence-corrected chi connectivity index (χ4v) is 8.31. The number of piperidine rings is 1. The summed E-state index contributed by atoms with van der Waals surface area (Å²) in [6.07, 6.45) is 12.8. The highest BCUT2D eigenvalue weighted by Gasteiger charge is 2.45. The maximum atomic E-state index is 14.0. The molecule has 3 aliphatic heterocycles. The van der Waals surface area contributed by atoms with E-state index in [0.717, 1.165) is 35.7 Å². The lowest BCUT2D eigenvalue weighted by atomic mass is 9.87. The number of benzene rings is 1. The normalized spacial score (nSPS) is 32.9. The van der Waals surface area contributed by atoms with Gasteiger partial charge in [0.25, 0.3) is 5.56 Å². The summed E-state index contributed by atoms with van der Waals surface area (Å²) in [5.74, 6) is 1.39. The van der Waals surface area contributed by atoms with E-state index in [0.29, 0.717) is 37.0 Å². The minimum Gasteiger partial charge on any atom is -0.481 e. The van der Waals surface area contributed by atoms with Crippen molar-refractivity contribution in [1.82, 2.24) is 14.5 Å². The zero-order valence-corrected chi connectivity index (χ0v) is 23.1. The molecule has 6 atom stereocenters. The maximum Gasteiger partial charge on any atom is 0.303 e. The molecular formula is C31H44N4O3. The maximum absolute atomic E-state index is 14.0. The van der Waals surface area contributed by atoms with Crippen LogP contribution in [0.3, 0.4) is 0 Å². The van der Waals surface area contributed by atoms with Crippen LogP contribution >= 0.6 is 0 Å². The Bertz CT molecular complexity index is 1190. The number of anilines is 1. The van der Waals surface area contributed by atoms with Crippen molar-refractivity contribution in [2.75, 3.05) is 18.0 Å². The number of fused-ring (bicyclic) bond motifs is 3. The van der Waals surface area contributed by atoms with Crippen molar-refractivity contribution in [2.45, 2.75) is 109 Å². The fraction of sp³-hybridized carbons (Fsp3) is 0.710. The Morgan fingerprint density at radius 3 is 2.16 bits per heavy atom. The lowest BCUT2D eigenvalue weighted by Crippen LogP contribution is -2.52. The van der Waals surface area contributed by atoms with Crippen LogP contribution in [-0.2, 0) is 4.79 Å². The molecule has 0 spiro atoms. The molecule has 0 amide bonds. The van der Waals surface area contributed by atoms with E-state index in [4.69, 9.17) is 10.1 Å². The van der Waals surface area contributed by atoms with Crippen LogP contribution in [0.25, 0.3) is 11.0 Å². The smallest absolute Gasteiger partial charge is 0.303 e. The Morgan fingerprint density at radius 2 is 1.53 bits per heavy atom. The van der Waals surface area contributed by atoms with Gasteiger partial charge in [-0.15, -0.1) is 0 Å². The molecule has 1 aromatic heterocycles. The van der Waals surface area contributed by atoms with Crippen LogP contribution in [-0.4, -0.2) is 56.7 Å². The first-order chi connectivity index (χ1) is 18.4. The molecule has 0 unspecified atom stereocenters.